The first-order valence-electron chi connectivity index (χ1n) is 9.34. The van der Waals surface area contributed by atoms with E-state index in [1.807, 2.05) is 28.9 Å². The molecule has 3 aromatic rings. The summed E-state index contributed by atoms with van der Waals surface area (Å²) >= 11 is 0. The highest BCUT2D eigenvalue weighted by atomic mass is 16.5. The maximum absolute atomic E-state index is 6.03. The fourth-order valence-electron chi connectivity index (χ4n) is 3.12. The van der Waals surface area contributed by atoms with Crippen LogP contribution in [0.1, 0.15) is 30.5 Å². The van der Waals surface area contributed by atoms with Crippen LogP contribution in [0.25, 0.3) is 11.4 Å². The molecule has 142 valence electrons. The van der Waals surface area contributed by atoms with E-state index in [9.17, 15) is 0 Å². The van der Waals surface area contributed by atoms with Crippen molar-refractivity contribution in [1.29, 1.82) is 0 Å². The number of nitrogens with two attached hydrogens (primary N) is 1. The van der Waals surface area contributed by atoms with Gasteiger partial charge in [0, 0.05) is 25.1 Å². The summed E-state index contributed by atoms with van der Waals surface area (Å²) < 4.78 is 7.88. The molecule has 2 N–H and O–H groups in total. The smallest absolute Gasteiger partial charge is 0.182 e. The van der Waals surface area contributed by atoms with Crippen molar-refractivity contribution in [2.45, 2.75) is 40.3 Å². The second-order valence-electron chi connectivity index (χ2n) is 7.18. The summed E-state index contributed by atoms with van der Waals surface area (Å²) in [6, 6.07) is 14.3. The topological polar surface area (TPSA) is 78.8 Å². The van der Waals surface area contributed by atoms with E-state index in [0.29, 0.717) is 19.1 Å². The molecule has 6 nitrogen and oxygen atoms in total. The Bertz CT molecular complexity index is 888. The molecule has 1 heterocycles. The number of benzene rings is 2. The van der Waals surface area contributed by atoms with Gasteiger partial charge in [-0.05, 0) is 58.2 Å². The molecule has 6 heteroatoms. The van der Waals surface area contributed by atoms with Gasteiger partial charge in [0.15, 0.2) is 5.82 Å². The molecule has 1 aromatic heterocycles. The van der Waals surface area contributed by atoms with Crippen LogP contribution in [-0.4, -0.2) is 26.8 Å². The molecule has 0 atom stereocenters. The van der Waals surface area contributed by atoms with Crippen molar-refractivity contribution in [3.8, 4) is 17.1 Å². The summed E-state index contributed by atoms with van der Waals surface area (Å²) in [6.07, 6.45) is 0.821. The maximum Gasteiger partial charge on any atom is 0.182 e. The predicted molar refractivity (Wildman–Crippen MR) is 106 cm³/mol. The Morgan fingerprint density at radius 2 is 1.89 bits per heavy atom. The van der Waals surface area contributed by atoms with E-state index < -0.39 is 0 Å². The van der Waals surface area contributed by atoms with Crippen molar-refractivity contribution >= 4 is 0 Å². The zero-order valence-corrected chi connectivity index (χ0v) is 16.2. The van der Waals surface area contributed by atoms with Gasteiger partial charge in [-0.25, -0.2) is 4.68 Å². The third kappa shape index (κ3) is 4.92. The maximum atomic E-state index is 6.03. The summed E-state index contributed by atoms with van der Waals surface area (Å²) in [7, 11) is 0. The molecule has 27 heavy (non-hydrogen) atoms. The van der Waals surface area contributed by atoms with Crippen molar-refractivity contribution in [2.75, 3.05) is 6.61 Å². The van der Waals surface area contributed by atoms with E-state index >= 15 is 0 Å². The zero-order chi connectivity index (χ0) is 19.2. The molecule has 0 saturated carbocycles. The molecular formula is C21H27N5O. The lowest BCUT2D eigenvalue weighted by atomic mass is 10.1. The van der Waals surface area contributed by atoms with Crippen LogP contribution in [0.15, 0.2) is 42.5 Å². The number of nitrogens with zero attached hydrogens (tertiary/aromatic N) is 4. The van der Waals surface area contributed by atoms with E-state index in [-0.39, 0.29) is 0 Å². The number of hydrogen-bond acceptors (Lipinski definition) is 5. The quantitative estimate of drug-likeness (QED) is 0.662. The summed E-state index contributed by atoms with van der Waals surface area (Å²) in [5.41, 5.74) is 10.3. The number of hydrogen-bond donors (Lipinski definition) is 1. The average molecular weight is 365 g/mol. The second-order valence-corrected chi connectivity index (χ2v) is 7.18. The molecule has 0 bridgehead atoms. The molecule has 0 aliphatic heterocycles. The standard InChI is InChI=1S/C21H27N5O/c1-15(2)14-26-21(23-24-25-26)19-10-16(3)11-20(12-19)27-9-8-17-6-4-5-7-18(17)13-22/h4-7,10-12,15H,8-9,13-14,22H2,1-3H3. The summed E-state index contributed by atoms with van der Waals surface area (Å²) in [6.45, 7) is 8.27. The first-order chi connectivity index (χ1) is 13.1. The Kier molecular flexibility index (Phi) is 6.19. The highest BCUT2D eigenvalue weighted by Gasteiger charge is 2.12. The van der Waals surface area contributed by atoms with Gasteiger partial charge >= 0.3 is 0 Å². The highest BCUT2D eigenvalue weighted by Crippen LogP contribution is 2.25. The fourth-order valence-corrected chi connectivity index (χ4v) is 3.12. The number of aryl methyl sites for hydroxylation is 1. The molecule has 0 spiro atoms. The Morgan fingerprint density at radius 3 is 2.63 bits per heavy atom. The molecule has 0 aliphatic rings. The van der Waals surface area contributed by atoms with Crippen molar-refractivity contribution in [2.24, 2.45) is 11.7 Å². The van der Waals surface area contributed by atoms with Gasteiger partial charge in [0.05, 0.1) is 6.61 Å². The lowest BCUT2D eigenvalue weighted by molar-refractivity contribution is 0.321. The van der Waals surface area contributed by atoms with Crippen LogP contribution < -0.4 is 10.5 Å². The minimum Gasteiger partial charge on any atom is -0.493 e. The molecule has 0 radical (unpaired) electrons. The van der Waals surface area contributed by atoms with Gasteiger partial charge in [-0.3, -0.25) is 0 Å². The van der Waals surface area contributed by atoms with Crippen molar-refractivity contribution < 1.29 is 4.74 Å². The third-order valence-corrected chi connectivity index (χ3v) is 4.36. The first-order valence-corrected chi connectivity index (χ1v) is 9.34. The lowest BCUT2D eigenvalue weighted by Gasteiger charge is -2.12. The summed E-state index contributed by atoms with van der Waals surface area (Å²) in [5.74, 6) is 2.07. The predicted octanol–water partition coefficient (Wildman–Crippen LogP) is 3.38. The second kappa shape index (κ2) is 8.77. The number of ether oxygens (including phenoxy) is 1. The summed E-state index contributed by atoms with van der Waals surface area (Å²) in [4.78, 5) is 0. The Hall–Kier alpha value is -2.73. The van der Waals surface area contributed by atoms with Crippen LogP contribution in [0.4, 0.5) is 0 Å². The van der Waals surface area contributed by atoms with Crippen LogP contribution in [0.3, 0.4) is 0 Å². The fraction of sp³-hybridized carbons (Fsp3) is 0.381. The van der Waals surface area contributed by atoms with Crippen molar-refractivity contribution in [3.05, 3.63) is 59.2 Å². The van der Waals surface area contributed by atoms with Gasteiger partial charge in [0.25, 0.3) is 0 Å². The molecule has 3 rings (SSSR count). The van der Waals surface area contributed by atoms with Gasteiger partial charge in [0.1, 0.15) is 5.75 Å². The van der Waals surface area contributed by atoms with Crippen LogP contribution in [0, 0.1) is 12.8 Å². The van der Waals surface area contributed by atoms with Gasteiger partial charge < -0.3 is 10.5 Å². The van der Waals surface area contributed by atoms with Crippen LogP contribution in [0.2, 0.25) is 0 Å². The number of rotatable bonds is 8. The Morgan fingerprint density at radius 1 is 1.11 bits per heavy atom. The largest absolute Gasteiger partial charge is 0.493 e. The van der Waals surface area contributed by atoms with Gasteiger partial charge in [-0.1, -0.05) is 38.1 Å². The van der Waals surface area contributed by atoms with E-state index in [1.54, 1.807) is 0 Å². The minimum absolute atomic E-state index is 0.468. The van der Waals surface area contributed by atoms with Gasteiger partial charge in [-0.2, -0.15) is 0 Å². The molecular weight excluding hydrogens is 338 g/mol. The Labute approximate surface area is 160 Å². The number of aromatic nitrogens is 4. The van der Waals surface area contributed by atoms with E-state index in [1.165, 1.54) is 11.1 Å². The minimum atomic E-state index is 0.468. The van der Waals surface area contributed by atoms with E-state index in [2.05, 4.69) is 54.5 Å². The molecule has 0 amide bonds. The summed E-state index contributed by atoms with van der Waals surface area (Å²) in [5, 5.41) is 12.2. The third-order valence-electron chi connectivity index (χ3n) is 4.36. The highest BCUT2D eigenvalue weighted by molar-refractivity contribution is 5.59. The van der Waals surface area contributed by atoms with E-state index in [4.69, 9.17) is 10.5 Å². The average Bonchev–Trinajstić information content (AvgIpc) is 3.09. The van der Waals surface area contributed by atoms with Crippen molar-refractivity contribution in [3.63, 3.8) is 0 Å². The zero-order valence-electron chi connectivity index (χ0n) is 16.2. The molecule has 0 unspecified atom stereocenters. The molecule has 2 aromatic carbocycles. The first kappa shape index (κ1) is 19.0. The Balaban J connectivity index is 1.73. The molecule has 0 fully saturated rings. The lowest BCUT2D eigenvalue weighted by Crippen LogP contribution is -2.08. The van der Waals surface area contributed by atoms with E-state index in [0.717, 1.165) is 35.7 Å². The SMILES string of the molecule is Cc1cc(OCCc2ccccc2CN)cc(-c2nnnn2CC(C)C)c1. The van der Waals surface area contributed by atoms with Gasteiger partial charge in [-0.15, -0.1) is 5.10 Å². The van der Waals surface area contributed by atoms with Crippen molar-refractivity contribution in [1.82, 2.24) is 20.2 Å². The van der Waals surface area contributed by atoms with Crippen LogP contribution >= 0.6 is 0 Å². The van der Waals surface area contributed by atoms with Crippen LogP contribution in [-0.2, 0) is 19.5 Å². The molecule has 0 aliphatic carbocycles. The molecule has 0 saturated heterocycles. The monoisotopic (exact) mass is 365 g/mol. The van der Waals surface area contributed by atoms with Gasteiger partial charge in [0.2, 0.25) is 0 Å². The number of tetrazole rings is 1. The van der Waals surface area contributed by atoms with Crippen LogP contribution in [0.5, 0.6) is 5.75 Å². The normalized spacial score (nSPS) is 11.1.